The lowest BCUT2D eigenvalue weighted by Crippen LogP contribution is -2.42. The van der Waals surface area contributed by atoms with Gasteiger partial charge in [0.25, 0.3) is 0 Å². The summed E-state index contributed by atoms with van der Waals surface area (Å²) in [4.78, 5) is 14.6. The number of hydrogen-bond acceptors (Lipinski definition) is 2. The van der Waals surface area contributed by atoms with E-state index in [0.29, 0.717) is 11.1 Å². The number of carbonyl (C=O) groups excluding carboxylic acids is 1. The Morgan fingerprint density at radius 3 is 3.05 bits per heavy atom. The largest absolute Gasteiger partial charge is 0.338 e. The Morgan fingerprint density at radius 1 is 1.58 bits per heavy atom. The summed E-state index contributed by atoms with van der Waals surface area (Å²) in [6, 6.07) is 7.92. The zero-order valence-corrected chi connectivity index (χ0v) is 12.3. The summed E-state index contributed by atoms with van der Waals surface area (Å²) in [6.45, 7) is 3.70. The van der Waals surface area contributed by atoms with Crippen LogP contribution in [0.15, 0.2) is 24.3 Å². The SMILES string of the molecule is CNCC1CCCN1C(=O)C(C)c1cccc(Cl)c1. The lowest BCUT2D eigenvalue weighted by atomic mass is 9.99. The average molecular weight is 281 g/mol. The van der Waals surface area contributed by atoms with Crippen molar-refractivity contribution in [3.8, 4) is 0 Å². The van der Waals surface area contributed by atoms with Crippen LogP contribution in [0.5, 0.6) is 0 Å². The Morgan fingerprint density at radius 2 is 2.37 bits per heavy atom. The number of amides is 1. The smallest absolute Gasteiger partial charge is 0.230 e. The molecule has 1 amide bonds. The van der Waals surface area contributed by atoms with Crippen molar-refractivity contribution in [2.45, 2.75) is 31.7 Å². The lowest BCUT2D eigenvalue weighted by Gasteiger charge is -2.27. The van der Waals surface area contributed by atoms with Gasteiger partial charge in [-0.05, 0) is 44.5 Å². The van der Waals surface area contributed by atoms with Crippen molar-refractivity contribution in [2.75, 3.05) is 20.1 Å². The van der Waals surface area contributed by atoms with Gasteiger partial charge in [0.05, 0.1) is 5.92 Å². The monoisotopic (exact) mass is 280 g/mol. The highest BCUT2D eigenvalue weighted by Crippen LogP contribution is 2.25. The van der Waals surface area contributed by atoms with Gasteiger partial charge in [0.1, 0.15) is 0 Å². The number of rotatable bonds is 4. The second kappa shape index (κ2) is 6.40. The third kappa shape index (κ3) is 3.28. The van der Waals surface area contributed by atoms with E-state index < -0.39 is 0 Å². The van der Waals surface area contributed by atoms with E-state index in [-0.39, 0.29) is 11.8 Å². The van der Waals surface area contributed by atoms with E-state index in [9.17, 15) is 4.79 Å². The van der Waals surface area contributed by atoms with E-state index in [1.807, 2.05) is 43.1 Å². The van der Waals surface area contributed by atoms with E-state index in [1.54, 1.807) is 0 Å². The maximum absolute atomic E-state index is 12.6. The van der Waals surface area contributed by atoms with E-state index in [4.69, 9.17) is 11.6 Å². The molecule has 1 aliphatic rings. The Hall–Kier alpha value is -1.06. The van der Waals surface area contributed by atoms with Crippen LogP contribution >= 0.6 is 11.6 Å². The Balaban J connectivity index is 2.10. The first kappa shape index (κ1) is 14.4. The number of halogens is 1. The van der Waals surface area contributed by atoms with Gasteiger partial charge < -0.3 is 10.2 Å². The minimum Gasteiger partial charge on any atom is -0.338 e. The Kier molecular flexibility index (Phi) is 4.83. The minimum atomic E-state index is -0.129. The molecule has 0 aliphatic carbocycles. The number of carbonyl (C=O) groups is 1. The van der Waals surface area contributed by atoms with Crippen molar-refractivity contribution >= 4 is 17.5 Å². The zero-order chi connectivity index (χ0) is 13.8. The van der Waals surface area contributed by atoms with E-state index in [1.165, 1.54) is 0 Å². The molecule has 104 valence electrons. The van der Waals surface area contributed by atoms with Crippen LogP contribution in [0.1, 0.15) is 31.2 Å². The van der Waals surface area contributed by atoms with Crippen molar-refractivity contribution in [2.24, 2.45) is 0 Å². The number of hydrogen-bond donors (Lipinski definition) is 1. The predicted molar refractivity (Wildman–Crippen MR) is 78.5 cm³/mol. The first-order chi connectivity index (χ1) is 9.13. The van der Waals surface area contributed by atoms with Gasteiger partial charge in [-0.25, -0.2) is 0 Å². The van der Waals surface area contributed by atoms with Gasteiger partial charge in [-0.15, -0.1) is 0 Å². The number of nitrogens with one attached hydrogen (secondary N) is 1. The molecule has 0 radical (unpaired) electrons. The molecular formula is C15H21ClN2O. The van der Waals surface area contributed by atoms with Gasteiger partial charge in [0, 0.05) is 24.2 Å². The van der Waals surface area contributed by atoms with Gasteiger partial charge in [0.15, 0.2) is 0 Å². The summed E-state index contributed by atoms with van der Waals surface area (Å²) < 4.78 is 0. The number of nitrogens with zero attached hydrogens (tertiary/aromatic N) is 1. The fourth-order valence-electron chi connectivity index (χ4n) is 2.74. The molecular weight excluding hydrogens is 260 g/mol. The molecule has 3 nitrogen and oxygen atoms in total. The minimum absolute atomic E-state index is 0.129. The predicted octanol–water partition coefficient (Wildman–Crippen LogP) is 2.65. The summed E-state index contributed by atoms with van der Waals surface area (Å²) in [5.41, 5.74) is 0.993. The Labute approximate surface area is 119 Å². The van der Waals surface area contributed by atoms with Crippen LogP contribution < -0.4 is 5.32 Å². The summed E-state index contributed by atoms with van der Waals surface area (Å²) in [6.07, 6.45) is 2.19. The molecule has 0 bridgehead atoms. The van der Waals surface area contributed by atoms with E-state index in [0.717, 1.165) is 31.5 Å². The van der Waals surface area contributed by atoms with Crippen molar-refractivity contribution in [3.63, 3.8) is 0 Å². The fourth-order valence-corrected chi connectivity index (χ4v) is 2.94. The molecule has 1 N–H and O–H groups in total. The first-order valence-corrected chi connectivity index (χ1v) is 7.22. The highest BCUT2D eigenvalue weighted by Gasteiger charge is 2.31. The van der Waals surface area contributed by atoms with Gasteiger partial charge in [-0.2, -0.15) is 0 Å². The van der Waals surface area contributed by atoms with Gasteiger partial charge >= 0.3 is 0 Å². The van der Waals surface area contributed by atoms with Crippen molar-refractivity contribution < 1.29 is 4.79 Å². The van der Waals surface area contributed by atoms with Crippen LogP contribution in [0, 0.1) is 0 Å². The molecule has 0 spiro atoms. The molecule has 2 atom stereocenters. The van der Waals surface area contributed by atoms with Crippen LogP contribution in [0.4, 0.5) is 0 Å². The molecule has 1 fully saturated rings. The lowest BCUT2D eigenvalue weighted by molar-refractivity contribution is -0.133. The molecule has 1 aromatic rings. The fraction of sp³-hybridized carbons (Fsp3) is 0.533. The van der Waals surface area contributed by atoms with Gasteiger partial charge in [-0.1, -0.05) is 23.7 Å². The molecule has 0 saturated carbocycles. The average Bonchev–Trinajstić information content (AvgIpc) is 2.86. The molecule has 2 unspecified atom stereocenters. The molecule has 4 heteroatoms. The van der Waals surface area contributed by atoms with Crippen LogP contribution in [-0.4, -0.2) is 37.0 Å². The molecule has 0 aromatic heterocycles. The van der Waals surface area contributed by atoms with Crippen molar-refractivity contribution in [1.29, 1.82) is 0 Å². The second-order valence-corrected chi connectivity index (χ2v) is 5.60. The van der Waals surface area contributed by atoms with Crippen molar-refractivity contribution in [3.05, 3.63) is 34.9 Å². The summed E-state index contributed by atoms with van der Waals surface area (Å²) in [5.74, 6) is 0.0798. The zero-order valence-electron chi connectivity index (χ0n) is 11.5. The van der Waals surface area contributed by atoms with Crippen molar-refractivity contribution in [1.82, 2.24) is 10.2 Å². The van der Waals surface area contributed by atoms with Gasteiger partial charge in [-0.3, -0.25) is 4.79 Å². The number of likely N-dealkylation sites (tertiary alicyclic amines) is 1. The summed E-state index contributed by atoms with van der Waals surface area (Å²) >= 11 is 6.00. The van der Waals surface area contributed by atoms with Crippen LogP contribution in [0.2, 0.25) is 5.02 Å². The molecule has 1 aliphatic heterocycles. The molecule has 1 aromatic carbocycles. The highest BCUT2D eigenvalue weighted by atomic mass is 35.5. The highest BCUT2D eigenvalue weighted by molar-refractivity contribution is 6.30. The van der Waals surface area contributed by atoms with E-state index >= 15 is 0 Å². The van der Waals surface area contributed by atoms with E-state index in [2.05, 4.69) is 5.32 Å². The topological polar surface area (TPSA) is 32.3 Å². The first-order valence-electron chi connectivity index (χ1n) is 6.84. The third-order valence-corrected chi connectivity index (χ3v) is 4.05. The second-order valence-electron chi connectivity index (χ2n) is 5.16. The van der Waals surface area contributed by atoms with Crippen LogP contribution in [0.25, 0.3) is 0 Å². The van der Waals surface area contributed by atoms with Gasteiger partial charge in [0.2, 0.25) is 5.91 Å². The third-order valence-electron chi connectivity index (χ3n) is 3.82. The maximum Gasteiger partial charge on any atom is 0.230 e. The quantitative estimate of drug-likeness (QED) is 0.920. The summed E-state index contributed by atoms with van der Waals surface area (Å²) in [7, 11) is 1.93. The maximum atomic E-state index is 12.6. The van der Waals surface area contributed by atoms with Crippen LogP contribution in [0.3, 0.4) is 0 Å². The number of benzene rings is 1. The molecule has 19 heavy (non-hydrogen) atoms. The standard InChI is InChI=1S/C15H21ClN2O/c1-11(12-5-3-6-13(16)9-12)15(19)18-8-4-7-14(18)10-17-2/h3,5-6,9,11,14,17H,4,7-8,10H2,1-2H3. The Bertz CT molecular complexity index is 450. The number of likely N-dealkylation sites (N-methyl/N-ethyl adjacent to an activating group) is 1. The molecule has 1 saturated heterocycles. The van der Waals surface area contributed by atoms with Crippen LogP contribution in [-0.2, 0) is 4.79 Å². The molecule has 1 heterocycles. The summed E-state index contributed by atoms with van der Waals surface area (Å²) in [5, 5.41) is 3.85. The normalized spacial score (nSPS) is 20.6. The molecule has 2 rings (SSSR count).